The van der Waals surface area contributed by atoms with Gasteiger partial charge in [-0.2, -0.15) is 0 Å². The Hall–Kier alpha value is -2.42. The van der Waals surface area contributed by atoms with Crippen molar-refractivity contribution in [3.8, 4) is 16.9 Å². The molecule has 0 atom stereocenters. The topological polar surface area (TPSA) is 50.3 Å². The Kier molecular flexibility index (Phi) is 5.50. The van der Waals surface area contributed by atoms with Crippen LogP contribution in [0.3, 0.4) is 0 Å². The number of aryl methyl sites for hydroxylation is 1. The van der Waals surface area contributed by atoms with Gasteiger partial charge in [-0.15, -0.1) is 13.2 Å². The highest BCUT2D eigenvalue weighted by Crippen LogP contribution is 2.30. The molecule has 1 fully saturated rings. The SMILES string of the molecule is Cc1nc(NC2CCN(C)CC2)ncc1-c1ccc(OC(F)(F)F)cc1F. The van der Waals surface area contributed by atoms with E-state index in [-0.39, 0.29) is 11.6 Å². The van der Waals surface area contributed by atoms with E-state index in [1.54, 1.807) is 6.92 Å². The molecule has 1 aromatic heterocycles. The maximum atomic E-state index is 14.3. The molecule has 0 amide bonds. The van der Waals surface area contributed by atoms with Crippen LogP contribution in [-0.4, -0.2) is 47.4 Å². The Morgan fingerprint density at radius 1 is 1.19 bits per heavy atom. The standard InChI is InChI=1S/C18H20F4N4O/c1-11-15(14-4-3-13(9-16(14)19)27-18(20,21)22)10-23-17(24-11)25-12-5-7-26(2)8-6-12/h3-4,9-10,12H,5-8H2,1-2H3,(H,23,24,25). The van der Waals surface area contributed by atoms with Gasteiger partial charge in [0, 0.05) is 29.4 Å². The summed E-state index contributed by atoms with van der Waals surface area (Å²) < 4.78 is 54.7. The summed E-state index contributed by atoms with van der Waals surface area (Å²) in [7, 11) is 2.07. The summed E-state index contributed by atoms with van der Waals surface area (Å²) in [5.41, 5.74) is 1.07. The number of rotatable bonds is 4. The molecule has 1 N–H and O–H groups in total. The number of hydrogen-bond acceptors (Lipinski definition) is 5. The van der Waals surface area contributed by atoms with Gasteiger partial charge in [-0.1, -0.05) is 0 Å². The van der Waals surface area contributed by atoms with Gasteiger partial charge >= 0.3 is 6.36 Å². The number of likely N-dealkylation sites (tertiary alicyclic amines) is 1. The fourth-order valence-corrected chi connectivity index (χ4v) is 3.05. The van der Waals surface area contributed by atoms with E-state index in [4.69, 9.17) is 0 Å². The first-order valence-corrected chi connectivity index (χ1v) is 8.55. The van der Waals surface area contributed by atoms with Crippen molar-refractivity contribution in [1.29, 1.82) is 0 Å². The van der Waals surface area contributed by atoms with Crippen molar-refractivity contribution in [1.82, 2.24) is 14.9 Å². The number of piperidine rings is 1. The lowest BCUT2D eigenvalue weighted by atomic mass is 10.0. The zero-order valence-electron chi connectivity index (χ0n) is 15.0. The number of alkyl halides is 3. The smallest absolute Gasteiger partial charge is 0.406 e. The molecule has 1 aliphatic heterocycles. The number of nitrogens with zero attached hydrogens (tertiary/aromatic N) is 3. The zero-order valence-corrected chi connectivity index (χ0v) is 15.0. The molecule has 9 heteroatoms. The molecule has 0 unspecified atom stereocenters. The van der Waals surface area contributed by atoms with Gasteiger partial charge in [-0.05, 0) is 52.0 Å². The Bertz CT molecular complexity index is 804. The lowest BCUT2D eigenvalue weighted by Gasteiger charge is -2.29. The highest BCUT2D eigenvalue weighted by molar-refractivity contribution is 5.67. The van der Waals surface area contributed by atoms with Crippen LogP contribution in [0, 0.1) is 12.7 Å². The molecule has 0 aliphatic carbocycles. The van der Waals surface area contributed by atoms with Crippen molar-refractivity contribution < 1.29 is 22.3 Å². The predicted molar refractivity (Wildman–Crippen MR) is 93.0 cm³/mol. The summed E-state index contributed by atoms with van der Waals surface area (Å²) in [5.74, 6) is -0.981. The van der Waals surface area contributed by atoms with Gasteiger partial charge in [0.25, 0.3) is 0 Å². The Balaban J connectivity index is 1.75. The Morgan fingerprint density at radius 3 is 2.48 bits per heavy atom. The largest absolute Gasteiger partial charge is 0.573 e. The summed E-state index contributed by atoms with van der Waals surface area (Å²) in [6.45, 7) is 3.69. The van der Waals surface area contributed by atoms with E-state index < -0.39 is 17.9 Å². The number of ether oxygens (including phenoxy) is 1. The van der Waals surface area contributed by atoms with Crippen LogP contribution in [0.5, 0.6) is 5.75 Å². The minimum atomic E-state index is -4.87. The molecular formula is C18H20F4N4O. The van der Waals surface area contributed by atoms with E-state index in [1.165, 1.54) is 12.3 Å². The molecule has 0 spiro atoms. The summed E-state index contributed by atoms with van der Waals surface area (Å²) >= 11 is 0. The Labute approximate surface area is 154 Å². The molecule has 1 aliphatic rings. The summed E-state index contributed by atoms with van der Waals surface area (Å²) in [5, 5.41) is 3.28. The van der Waals surface area contributed by atoms with Crippen molar-refractivity contribution >= 4 is 5.95 Å². The van der Waals surface area contributed by atoms with E-state index >= 15 is 0 Å². The molecule has 2 heterocycles. The van der Waals surface area contributed by atoms with Crippen LogP contribution in [-0.2, 0) is 0 Å². The van der Waals surface area contributed by atoms with E-state index in [2.05, 4.69) is 32.0 Å². The summed E-state index contributed by atoms with van der Waals surface area (Å²) in [6, 6.07) is 3.27. The van der Waals surface area contributed by atoms with Gasteiger partial charge in [-0.25, -0.2) is 14.4 Å². The molecule has 5 nitrogen and oxygen atoms in total. The number of halogens is 4. The lowest BCUT2D eigenvalue weighted by molar-refractivity contribution is -0.274. The van der Waals surface area contributed by atoms with Crippen LogP contribution in [0.25, 0.3) is 11.1 Å². The number of hydrogen-bond donors (Lipinski definition) is 1. The molecule has 0 radical (unpaired) electrons. The van der Waals surface area contributed by atoms with Crippen LogP contribution in [0.4, 0.5) is 23.5 Å². The van der Waals surface area contributed by atoms with Crippen molar-refractivity contribution in [2.75, 3.05) is 25.5 Å². The second kappa shape index (κ2) is 7.67. The average Bonchev–Trinajstić information content (AvgIpc) is 2.57. The minimum Gasteiger partial charge on any atom is -0.406 e. The van der Waals surface area contributed by atoms with Crippen LogP contribution in [0.15, 0.2) is 24.4 Å². The predicted octanol–water partition coefficient (Wildman–Crippen LogP) is 4.00. The van der Waals surface area contributed by atoms with E-state index in [1.807, 2.05) is 0 Å². The van der Waals surface area contributed by atoms with Gasteiger partial charge in [0.2, 0.25) is 5.95 Å². The molecule has 3 rings (SSSR count). The third-order valence-electron chi connectivity index (χ3n) is 4.50. The quantitative estimate of drug-likeness (QED) is 0.808. The number of benzene rings is 1. The van der Waals surface area contributed by atoms with Gasteiger partial charge in [0.05, 0.1) is 5.69 Å². The van der Waals surface area contributed by atoms with Gasteiger partial charge < -0.3 is 15.0 Å². The van der Waals surface area contributed by atoms with Crippen LogP contribution < -0.4 is 10.1 Å². The van der Waals surface area contributed by atoms with Gasteiger partial charge in [0.15, 0.2) is 0 Å². The first kappa shape index (κ1) is 19.3. The normalized spacial score (nSPS) is 16.4. The number of anilines is 1. The first-order chi connectivity index (χ1) is 12.7. The maximum Gasteiger partial charge on any atom is 0.573 e. The highest BCUT2D eigenvalue weighted by Gasteiger charge is 2.31. The molecule has 1 saturated heterocycles. The minimum absolute atomic E-state index is 0.118. The summed E-state index contributed by atoms with van der Waals surface area (Å²) in [4.78, 5) is 10.9. The van der Waals surface area contributed by atoms with Crippen LogP contribution in [0.2, 0.25) is 0 Å². The van der Waals surface area contributed by atoms with E-state index in [0.29, 0.717) is 23.3 Å². The molecule has 2 aromatic rings. The fraction of sp³-hybridized carbons (Fsp3) is 0.444. The van der Waals surface area contributed by atoms with Crippen molar-refractivity contribution in [2.45, 2.75) is 32.2 Å². The molecule has 0 saturated carbocycles. The molecule has 1 aromatic carbocycles. The highest BCUT2D eigenvalue weighted by atomic mass is 19.4. The van der Waals surface area contributed by atoms with Crippen molar-refractivity contribution in [3.63, 3.8) is 0 Å². The summed E-state index contributed by atoms with van der Waals surface area (Å²) in [6.07, 6.45) is -1.43. The van der Waals surface area contributed by atoms with E-state index in [0.717, 1.165) is 32.0 Å². The maximum absolute atomic E-state index is 14.3. The average molecular weight is 384 g/mol. The second-order valence-corrected chi connectivity index (χ2v) is 6.60. The van der Waals surface area contributed by atoms with Gasteiger partial charge in [-0.3, -0.25) is 0 Å². The third kappa shape index (κ3) is 5.06. The molecule has 0 bridgehead atoms. The van der Waals surface area contributed by atoms with E-state index in [9.17, 15) is 17.6 Å². The van der Waals surface area contributed by atoms with Gasteiger partial charge in [0.1, 0.15) is 11.6 Å². The van der Waals surface area contributed by atoms with Crippen LogP contribution >= 0.6 is 0 Å². The van der Waals surface area contributed by atoms with Crippen LogP contribution in [0.1, 0.15) is 18.5 Å². The van der Waals surface area contributed by atoms with Crippen molar-refractivity contribution in [3.05, 3.63) is 35.9 Å². The molecular weight excluding hydrogens is 364 g/mol. The lowest BCUT2D eigenvalue weighted by Crippen LogP contribution is -2.37. The molecule has 146 valence electrons. The zero-order chi connectivity index (χ0) is 19.6. The fourth-order valence-electron chi connectivity index (χ4n) is 3.05. The van der Waals surface area contributed by atoms with Crippen molar-refractivity contribution in [2.24, 2.45) is 0 Å². The monoisotopic (exact) mass is 384 g/mol. The first-order valence-electron chi connectivity index (χ1n) is 8.55. The number of aromatic nitrogens is 2. The number of nitrogens with one attached hydrogen (secondary N) is 1. The molecule has 27 heavy (non-hydrogen) atoms. The third-order valence-corrected chi connectivity index (χ3v) is 4.50. The Morgan fingerprint density at radius 2 is 1.89 bits per heavy atom. The second-order valence-electron chi connectivity index (χ2n) is 6.60.